The number of pyridine rings is 4. The third kappa shape index (κ3) is 17.8. The molecule has 16 aromatic rings. The van der Waals surface area contributed by atoms with Crippen LogP contribution < -0.4 is 33.0 Å². The van der Waals surface area contributed by atoms with Gasteiger partial charge in [0, 0.05) is 194 Å². The predicted molar refractivity (Wildman–Crippen MR) is 523 cm³/mol. The van der Waals surface area contributed by atoms with E-state index in [4.69, 9.17) is 47.6 Å². The maximum Gasteiger partial charge on any atom is 0.257 e. The van der Waals surface area contributed by atoms with E-state index in [0.29, 0.717) is 90.7 Å². The number of nitrogens with two attached hydrogens (primary N) is 4. The number of carbonyl (C=O) groups is 5. The molecule has 24 rings (SSSR count). The van der Waals surface area contributed by atoms with Crippen molar-refractivity contribution < 1.29 is 37.5 Å². The van der Waals surface area contributed by atoms with E-state index in [0.717, 1.165) is 205 Å². The molecule has 8 fully saturated rings. The number of halogens is 2. The second kappa shape index (κ2) is 36.5. The first-order chi connectivity index (χ1) is 65.9. The summed E-state index contributed by atoms with van der Waals surface area (Å²) in [5, 5.41) is 7.13. The zero-order chi connectivity index (χ0) is 93.7. The Bertz CT molecular complexity index is 7130. The number of ether oxygens (including phenoxy) is 1. The Morgan fingerprint density at radius 2 is 0.743 bits per heavy atom. The molecule has 0 radical (unpaired) electrons. The summed E-state index contributed by atoms with van der Waals surface area (Å²) in [6.45, 7) is 8.73. The lowest BCUT2D eigenvalue weighted by Crippen LogP contribution is -2.50. The first kappa shape index (κ1) is 88.9. The Hall–Kier alpha value is -13.6. The van der Waals surface area contributed by atoms with Crippen molar-refractivity contribution in [2.75, 3.05) is 64.8 Å². The predicted octanol–water partition coefficient (Wildman–Crippen LogP) is 14.1. The quantitative estimate of drug-likeness (QED) is 0.0533. The molecule has 702 valence electrons. The molecule has 33 heteroatoms. The van der Waals surface area contributed by atoms with Crippen molar-refractivity contribution in [3.8, 4) is 51.8 Å². The fourth-order valence-electron chi connectivity index (χ4n) is 20.5. The van der Waals surface area contributed by atoms with Gasteiger partial charge in [-0.2, -0.15) is 0 Å². The zero-order valence-corrected chi connectivity index (χ0v) is 77.6. The van der Waals surface area contributed by atoms with Gasteiger partial charge in [0.15, 0.2) is 23.3 Å². The second-order valence-corrected chi connectivity index (χ2v) is 38.9. The third-order valence-electron chi connectivity index (χ3n) is 28.3. The van der Waals surface area contributed by atoms with E-state index in [1.807, 2.05) is 123 Å². The van der Waals surface area contributed by atoms with E-state index in [9.17, 15) is 32.8 Å². The molecule has 5 amide bonds. The number of fused-ring (bicyclic) bond motifs is 8. The zero-order valence-electron chi connectivity index (χ0n) is 77.6. The van der Waals surface area contributed by atoms with Crippen molar-refractivity contribution in [3.63, 3.8) is 0 Å². The van der Waals surface area contributed by atoms with Crippen LogP contribution in [0.4, 0.5) is 14.5 Å². The molecule has 4 aromatic carbocycles. The lowest BCUT2D eigenvalue weighted by Gasteiger charge is -2.33. The van der Waals surface area contributed by atoms with Crippen LogP contribution >= 0.6 is 0 Å². The minimum absolute atomic E-state index is 0.00579. The van der Waals surface area contributed by atoms with Crippen LogP contribution in [0, 0.1) is 23.7 Å². The average Bonchev–Trinajstić information content (AvgIpc) is 1.62. The molecule has 0 bridgehead atoms. The van der Waals surface area contributed by atoms with Gasteiger partial charge < -0.3 is 89.1 Å². The Morgan fingerprint density at radius 1 is 0.390 bits per heavy atom. The van der Waals surface area contributed by atoms with Gasteiger partial charge in [-0.25, -0.2) is 48.7 Å². The maximum atomic E-state index is 14.0. The molecule has 8 aliphatic rings. The van der Waals surface area contributed by atoms with Gasteiger partial charge in [-0.05, 0) is 241 Å². The van der Waals surface area contributed by atoms with Crippen LogP contribution in [0.15, 0.2) is 158 Å². The van der Waals surface area contributed by atoms with Crippen LogP contribution in [0.3, 0.4) is 0 Å². The Labute approximate surface area is 784 Å². The highest BCUT2D eigenvalue weighted by atomic mass is 19.1. The topological polar surface area (TPSA) is 366 Å². The number of nitrogens with zero attached hydrogens (tertiary/aromatic N) is 20. The molecule has 4 aliphatic heterocycles. The number of rotatable bonds is 18. The number of carbonyl (C=O) groups excluding carboxylic acids is 5. The molecule has 31 nitrogen and oxygen atoms in total. The number of piperidine rings is 4. The smallest absolute Gasteiger partial charge is 0.257 e. The lowest BCUT2D eigenvalue weighted by atomic mass is 10.0. The number of aryl methyl sites for hydroxylation is 4. The SMILES string of the molecule is CC(=O)Nc1ccnc2c1cc(-c1nc3cc(C(=O)N4CCC[C@@H](N)C4)ccc3n1C)n2CC1CC1.COc1cc2c(cc1C(=O)N1CCC[C@@H](N)C1)nc(-c1cc3cccnc3n1CC1CC1)n2C.Cn1c(-c2cc3cccnc3n2CC2CC2)nc2cc(C(=O)N3C[C@H](N)C[C@H](F)C3)ccc21.Cn1c(-c2cc3cccnc3n2CC2CC2)nc2cc(C(=O)N3C[C@H](N)C[C@H](F)C3)ccc21. The molecule has 4 saturated heterocycles. The molecule has 136 heavy (non-hydrogen) atoms. The summed E-state index contributed by atoms with van der Waals surface area (Å²) >= 11 is 0. The molecule has 4 saturated carbocycles. The summed E-state index contributed by atoms with van der Waals surface area (Å²) in [6, 6.07) is 42.5. The van der Waals surface area contributed by atoms with Crippen LogP contribution in [0.2, 0.25) is 0 Å². The van der Waals surface area contributed by atoms with Gasteiger partial charge in [0.2, 0.25) is 5.91 Å². The molecule has 16 heterocycles. The Kier molecular flexibility index (Phi) is 23.9. The van der Waals surface area contributed by atoms with Gasteiger partial charge in [0.05, 0.1) is 98.4 Å². The van der Waals surface area contributed by atoms with Gasteiger partial charge in [-0.15, -0.1) is 0 Å². The van der Waals surface area contributed by atoms with Gasteiger partial charge >= 0.3 is 0 Å². The van der Waals surface area contributed by atoms with Gasteiger partial charge in [0.25, 0.3) is 23.6 Å². The van der Waals surface area contributed by atoms with Crippen molar-refractivity contribution >= 4 is 123 Å². The van der Waals surface area contributed by atoms with Crippen molar-refractivity contribution in [1.82, 2.24) is 96.0 Å². The van der Waals surface area contributed by atoms with E-state index < -0.39 is 12.3 Å². The van der Waals surface area contributed by atoms with Crippen LogP contribution in [-0.2, 0) is 59.2 Å². The number of methoxy groups -OCH3 is 1. The number of likely N-dealkylation sites (tertiary alicyclic amines) is 4. The van der Waals surface area contributed by atoms with Gasteiger partial charge in [-0.1, -0.05) is 0 Å². The van der Waals surface area contributed by atoms with E-state index in [2.05, 4.69) is 104 Å². The van der Waals surface area contributed by atoms with Crippen LogP contribution in [0.25, 0.3) is 134 Å². The van der Waals surface area contributed by atoms with Gasteiger partial charge in [0.1, 0.15) is 40.7 Å². The molecular weight excluding hydrogens is 1720 g/mol. The maximum absolute atomic E-state index is 14.0. The minimum Gasteiger partial charge on any atom is -0.496 e. The average molecular weight is 1840 g/mol. The van der Waals surface area contributed by atoms with E-state index in [1.165, 1.54) is 68.1 Å². The van der Waals surface area contributed by atoms with Gasteiger partial charge in [-0.3, -0.25) is 24.0 Å². The van der Waals surface area contributed by atoms with Crippen molar-refractivity contribution in [1.29, 1.82) is 0 Å². The summed E-state index contributed by atoms with van der Waals surface area (Å²) in [5.41, 5.74) is 41.7. The number of nitrogens with one attached hydrogen (secondary N) is 1. The van der Waals surface area contributed by atoms with E-state index >= 15 is 0 Å². The first-order valence-corrected chi connectivity index (χ1v) is 47.9. The largest absolute Gasteiger partial charge is 0.496 e. The number of alkyl halides is 2. The second-order valence-electron chi connectivity index (χ2n) is 38.9. The lowest BCUT2D eigenvalue weighted by molar-refractivity contribution is -0.114. The summed E-state index contributed by atoms with van der Waals surface area (Å²) < 4.78 is 51.0. The molecule has 6 atom stereocenters. The fraction of sp³-hybridized carbons (Fsp3) is 0.408. The molecule has 9 N–H and O–H groups in total. The highest BCUT2D eigenvalue weighted by molar-refractivity contribution is 6.05. The fourth-order valence-corrected chi connectivity index (χ4v) is 20.5. The van der Waals surface area contributed by atoms with Crippen LogP contribution in [0.5, 0.6) is 5.75 Å². The summed E-state index contributed by atoms with van der Waals surface area (Å²) in [6.07, 6.45) is 19.4. The monoisotopic (exact) mass is 1840 g/mol. The van der Waals surface area contributed by atoms with Crippen molar-refractivity contribution in [2.24, 2.45) is 74.8 Å². The highest BCUT2D eigenvalue weighted by Crippen LogP contribution is 2.43. The van der Waals surface area contributed by atoms with Crippen LogP contribution in [0.1, 0.15) is 138 Å². The summed E-state index contributed by atoms with van der Waals surface area (Å²) in [5.74, 6) is 6.07. The Balaban J connectivity index is 0.000000109. The third-order valence-corrected chi connectivity index (χ3v) is 28.3. The van der Waals surface area contributed by atoms with E-state index in [1.54, 1.807) is 37.6 Å². The minimum atomic E-state index is -1.08. The van der Waals surface area contributed by atoms with E-state index in [-0.39, 0.29) is 66.8 Å². The Morgan fingerprint density at radius 3 is 1.12 bits per heavy atom. The normalized spacial score (nSPS) is 19.8. The number of anilines is 1. The number of aromatic nitrogens is 16. The standard InChI is InChI=1S/C27H31N7O2.C26H30N6O2.2C25H27FN6O/c1-16(35)30-21-9-10-29-25-20(21)13-24(34(25)14-17-5-6-17)26-31-22-12-18(7-8-23(22)32(26)2)27(36)33-11-3-4-19(28)15-33;1-30-21-13-23(34-2)19(26(33)31-10-4-6-18(27)15-31)12-20(21)29-25(30)22-11-17-5-3-9-28-24(17)32(22)14-16-7-8-16;2*1-30-21-7-6-17(25(33)31-13-18(26)11-19(27)14-31)9-20(21)29-24(30)22-10-16-3-2-8-28-23(16)32(22)12-15-4-5-15/h7-10,12-13,17,19H,3-6,11,14-15,28H2,1-2H3,(H,29,30,35);3,5,9,11-13,16,18H,4,6-8,10,14-15,27H2,1-2H3;2*2-3,6-10,15,18-19H,4-5,11-14,27H2,1H3/t19-;18-;2*18-,19+/m1100/s1. The molecule has 12 aromatic heterocycles. The number of benzene rings is 4. The highest BCUT2D eigenvalue weighted by Gasteiger charge is 2.37. The molecule has 0 unspecified atom stereocenters. The molecule has 0 spiro atoms. The van der Waals surface area contributed by atoms with Crippen LogP contribution in [-0.4, -0.2) is 222 Å². The number of hydrogen-bond acceptors (Lipinski definition) is 18. The molecule has 4 aliphatic carbocycles. The first-order valence-electron chi connectivity index (χ1n) is 47.9. The summed E-state index contributed by atoms with van der Waals surface area (Å²) in [7, 11) is 9.61. The van der Waals surface area contributed by atoms with Crippen molar-refractivity contribution in [2.45, 2.75) is 160 Å². The number of hydrogen-bond donors (Lipinski definition) is 5. The van der Waals surface area contributed by atoms with Crippen molar-refractivity contribution in [3.05, 3.63) is 181 Å². The molecular formula is C103H115F2N25O6. The number of amides is 5. The number of imidazole rings is 4. The summed E-state index contributed by atoms with van der Waals surface area (Å²) in [4.78, 5) is 110.